The van der Waals surface area contributed by atoms with E-state index in [1.165, 1.54) is 0 Å². The normalized spacial score (nSPS) is 12.2. The quantitative estimate of drug-likeness (QED) is 0.624. The lowest BCUT2D eigenvalue weighted by molar-refractivity contribution is -0.384. The van der Waals surface area contributed by atoms with E-state index in [1.807, 2.05) is 6.92 Å². The molecule has 1 unspecified atom stereocenters. The Labute approximate surface area is 94.5 Å². The van der Waals surface area contributed by atoms with Crippen LogP contribution in [0.2, 0.25) is 0 Å². The van der Waals surface area contributed by atoms with E-state index < -0.39 is 0 Å². The Morgan fingerprint density at radius 1 is 1.56 bits per heavy atom. The summed E-state index contributed by atoms with van der Waals surface area (Å²) in [7, 11) is 1.74. The third kappa shape index (κ3) is 2.30. The second kappa shape index (κ2) is 4.94. The largest absolute Gasteiger partial charge is 0.394 e. The van der Waals surface area contributed by atoms with E-state index in [2.05, 4.69) is 0 Å². The van der Waals surface area contributed by atoms with Gasteiger partial charge in [0.1, 0.15) is 5.69 Å². The van der Waals surface area contributed by atoms with Gasteiger partial charge in [-0.3, -0.25) is 10.1 Å². The van der Waals surface area contributed by atoms with Gasteiger partial charge in [-0.05, 0) is 19.9 Å². The average molecular weight is 224 g/mol. The molecule has 0 spiro atoms. The summed E-state index contributed by atoms with van der Waals surface area (Å²) in [6.07, 6.45) is 0. The van der Waals surface area contributed by atoms with Gasteiger partial charge in [-0.15, -0.1) is 0 Å². The maximum absolute atomic E-state index is 11.0. The fourth-order valence-corrected chi connectivity index (χ4v) is 1.53. The Kier molecular flexibility index (Phi) is 3.84. The smallest absolute Gasteiger partial charge is 0.295 e. The lowest BCUT2D eigenvalue weighted by Crippen LogP contribution is -2.32. The Bertz CT molecular complexity index is 393. The van der Waals surface area contributed by atoms with Crippen LogP contribution < -0.4 is 4.90 Å². The lowest BCUT2D eigenvalue weighted by Gasteiger charge is -2.25. The number of benzene rings is 1. The number of nitrogens with zero attached hydrogens (tertiary/aromatic N) is 2. The highest BCUT2D eigenvalue weighted by Crippen LogP contribution is 2.31. The molecule has 0 aliphatic heterocycles. The van der Waals surface area contributed by atoms with Gasteiger partial charge in [0.05, 0.1) is 11.5 Å². The summed E-state index contributed by atoms with van der Waals surface area (Å²) in [5, 5.41) is 20.0. The monoisotopic (exact) mass is 224 g/mol. The van der Waals surface area contributed by atoms with Crippen molar-refractivity contribution < 1.29 is 10.0 Å². The Morgan fingerprint density at radius 3 is 2.69 bits per heavy atom. The number of para-hydroxylation sites is 1. The molecule has 0 aromatic heterocycles. The number of rotatable bonds is 4. The van der Waals surface area contributed by atoms with Gasteiger partial charge in [0.15, 0.2) is 0 Å². The molecule has 0 radical (unpaired) electrons. The van der Waals surface area contributed by atoms with Crippen molar-refractivity contribution in [3.63, 3.8) is 0 Å². The minimum Gasteiger partial charge on any atom is -0.394 e. The van der Waals surface area contributed by atoms with Gasteiger partial charge in [0.2, 0.25) is 0 Å². The zero-order valence-electron chi connectivity index (χ0n) is 9.67. The van der Waals surface area contributed by atoms with E-state index in [0.29, 0.717) is 11.3 Å². The van der Waals surface area contributed by atoms with Crippen LogP contribution in [0.4, 0.5) is 11.4 Å². The molecule has 0 bridgehead atoms. The molecule has 0 fully saturated rings. The van der Waals surface area contributed by atoms with Crippen LogP contribution in [0.15, 0.2) is 18.2 Å². The van der Waals surface area contributed by atoms with Crippen molar-refractivity contribution in [2.24, 2.45) is 0 Å². The fourth-order valence-electron chi connectivity index (χ4n) is 1.53. The first-order valence-electron chi connectivity index (χ1n) is 5.06. The van der Waals surface area contributed by atoms with Gasteiger partial charge >= 0.3 is 0 Å². The average Bonchev–Trinajstić information content (AvgIpc) is 2.26. The zero-order chi connectivity index (χ0) is 12.3. The highest BCUT2D eigenvalue weighted by Gasteiger charge is 2.21. The molecule has 5 heteroatoms. The van der Waals surface area contributed by atoms with Crippen molar-refractivity contribution in [2.45, 2.75) is 19.9 Å². The van der Waals surface area contributed by atoms with Gasteiger partial charge in [-0.1, -0.05) is 12.1 Å². The van der Waals surface area contributed by atoms with Crippen LogP contribution >= 0.6 is 0 Å². The summed E-state index contributed by atoms with van der Waals surface area (Å²) >= 11 is 0. The lowest BCUT2D eigenvalue weighted by atomic mass is 10.1. The van der Waals surface area contributed by atoms with Crippen molar-refractivity contribution in [1.82, 2.24) is 0 Å². The molecule has 1 aromatic carbocycles. The number of aliphatic hydroxyl groups excluding tert-OH is 1. The first kappa shape index (κ1) is 12.4. The van der Waals surface area contributed by atoms with Gasteiger partial charge in [0, 0.05) is 18.7 Å². The molecule has 0 amide bonds. The van der Waals surface area contributed by atoms with E-state index in [-0.39, 0.29) is 23.3 Å². The minimum absolute atomic E-state index is 0.0401. The minimum atomic E-state index is -0.384. The molecule has 1 rings (SSSR count). The second-order valence-corrected chi connectivity index (χ2v) is 3.84. The van der Waals surface area contributed by atoms with Crippen LogP contribution in [0, 0.1) is 17.0 Å². The number of aryl methyl sites for hydroxylation is 1. The third-order valence-electron chi connectivity index (χ3n) is 2.70. The molecule has 0 saturated heterocycles. The van der Waals surface area contributed by atoms with Crippen molar-refractivity contribution in [3.8, 4) is 0 Å². The van der Waals surface area contributed by atoms with Crippen molar-refractivity contribution in [1.29, 1.82) is 0 Å². The zero-order valence-corrected chi connectivity index (χ0v) is 9.67. The Morgan fingerprint density at radius 2 is 2.19 bits per heavy atom. The molecule has 0 heterocycles. The summed E-state index contributed by atoms with van der Waals surface area (Å²) in [5.41, 5.74) is 1.26. The van der Waals surface area contributed by atoms with Crippen LogP contribution in [0.5, 0.6) is 0 Å². The molecule has 16 heavy (non-hydrogen) atoms. The molecule has 88 valence electrons. The highest BCUT2D eigenvalue weighted by molar-refractivity contribution is 5.66. The first-order chi connectivity index (χ1) is 7.49. The van der Waals surface area contributed by atoms with E-state index in [4.69, 9.17) is 5.11 Å². The van der Waals surface area contributed by atoms with Crippen LogP contribution in [0.1, 0.15) is 12.5 Å². The Hall–Kier alpha value is -1.62. The van der Waals surface area contributed by atoms with Gasteiger partial charge in [0.25, 0.3) is 5.69 Å². The molecular weight excluding hydrogens is 208 g/mol. The van der Waals surface area contributed by atoms with Crippen LogP contribution in [-0.4, -0.2) is 29.7 Å². The number of hydrogen-bond donors (Lipinski definition) is 1. The maximum Gasteiger partial charge on any atom is 0.295 e. The maximum atomic E-state index is 11.0. The first-order valence-corrected chi connectivity index (χ1v) is 5.06. The van der Waals surface area contributed by atoms with Crippen LogP contribution in [-0.2, 0) is 0 Å². The topological polar surface area (TPSA) is 66.6 Å². The number of nitro groups is 1. The summed E-state index contributed by atoms with van der Waals surface area (Å²) < 4.78 is 0. The van der Waals surface area contributed by atoms with Crippen LogP contribution in [0.3, 0.4) is 0 Å². The fraction of sp³-hybridized carbons (Fsp3) is 0.455. The summed E-state index contributed by atoms with van der Waals surface area (Å²) in [6.45, 7) is 3.48. The molecule has 1 N–H and O–H groups in total. The number of aliphatic hydroxyl groups is 1. The Balaban J connectivity index is 3.22. The van der Waals surface area contributed by atoms with E-state index in [0.717, 1.165) is 0 Å². The van der Waals surface area contributed by atoms with Crippen molar-refractivity contribution in [3.05, 3.63) is 33.9 Å². The van der Waals surface area contributed by atoms with E-state index >= 15 is 0 Å². The molecule has 0 saturated carbocycles. The highest BCUT2D eigenvalue weighted by atomic mass is 16.6. The molecule has 0 aliphatic carbocycles. The summed E-state index contributed by atoms with van der Waals surface area (Å²) in [4.78, 5) is 12.3. The summed E-state index contributed by atoms with van der Waals surface area (Å²) in [5.74, 6) is 0. The SMILES string of the molecule is Cc1cccc(N(C)C(C)CO)c1[N+](=O)[O-]. The van der Waals surface area contributed by atoms with E-state index in [1.54, 1.807) is 37.1 Å². The molecule has 0 aliphatic rings. The number of nitro benzene ring substituents is 1. The number of likely N-dealkylation sites (N-methyl/N-ethyl adjacent to an activating group) is 1. The standard InChI is InChI=1S/C11H16N2O3/c1-8-5-4-6-10(11(8)13(15)16)12(3)9(2)7-14/h4-6,9,14H,7H2,1-3H3. The predicted molar refractivity (Wildman–Crippen MR) is 62.8 cm³/mol. The van der Waals surface area contributed by atoms with Crippen molar-refractivity contribution in [2.75, 3.05) is 18.6 Å². The van der Waals surface area contributed by atoms with E-state index in [9.17, 15) is 10.1 Å². The second-order valence-electron chi connectivity index (χ2n) is 3.84. The molecule has 5 nitrogen and oxygen atoms in total. The van der Waals surface area contributed by atoms with Gasteiger partial charge in [-0.2, -0.15) is 0 Å². The number of hydrogen-bond acceptors (Lipinski definition) is 4. The van der Waals surface area contributed by atoms with Crippen molar-refractivity contribution >= 4 is 11.4 Å². The summed E-state index contributed by atoms with van der Waals surface area (Å²) in [6, 6.07) is 5.02. The molecule has 1 atom stereocenters. The number of anilines is 1. The molecular formula is C11H16N2O3. The van der Waals surface area contributed by atoms with Gasteiger partial charge < -0.3 is 10.0 Å². The van der Waals surface area contributed by atoms with Crippen LogP contribution in [0.25, 0.3) is 0 Å². The third-order valence-corrected chi connectivity index (χ3v) is 2.70. The predicted octanol–water partition coefficient (Wildman–Crippen LogP) is 1.72. The van der Waals surface area contributed by atoms with Gasteiger partial charge in [-0.25, -0.2) is 0 Å². The molecule has 1 aromatic rings.